The summed E-state index contributed by atoms with van der Waals surface area (Å²) in [6.45, 7) is 2.17. The maximum Gasteiger partial charge on any atom is 0.0974 e. The predicted octanol–water partition coefficient (Wildman–Crippen LogP) is 5.16. The first-order valence-corrected chi connectivity index (χ1v) is 7.04. The Bertz CT molecular complexity index is 714. The summed E-state index contributed by atoms with van der Waals surface area (Å²) in [5.74, 6) is 0.302. The van der Waals surface area contributed by atoms with Crippen LogP contribution in [0.5, 0.6) is 0 Å². The Morgan fingerprint density at radius 2 is 1.90 bits per heavy atom. The Hall–Kier alpha value is -2.61. The summed E-state index contributed by atoms with van der Waals surface area (Å²) in [6, 6.07) is 14.5. The summed E-state index contributed by atoms with van der Waals surface area (Å²) in [5.41, 5.74) is 4.62. The van der Waals surface area contributed by atoms with E-state index >= 15 is 0 Å². The highest BCUT2D eigenvalue weighted by Crippen LogP contribution is 2.24. The molecular formula is C19H17NO. The lowest BCUT2D eigenvalue weighted by Gasteiger charge is -2.08. The van der Waals surface area contributed by atoms with E-state index in [-0.39, 0.29) is 0 Å². The zero-order valence-corrected chi connectivity index (χ0v) is 11.9. The second kappa shape index (κ2) is 6.23. The molecule has 1 atom stereocenters. The molecule has 2 heteroatoms. The van der Waals surface area contributed by atoms with Crippen LogP contribution in [0.15, 0.2) is 77.9 Å². The second-order valence-corrected chi connectivity index (χ2v) is 5.08. The fourth-order valence-electron chi connectivity index (χ4n) is 2.23. The highest BCUT2D eigenvalue weighted by atomic mass is 16.3. The van der Waals surface area contributed by atoms with Gasteiger partial charge in [0.15, 0.2) is 0 Å². The van der Waals surface area contributed by atoms with Gasteiger partial charge in [0, 0.05) is 29.4 Å². The minimum absolute atomic E-state index is 0.302. The van der Waals surface area contributed by atoms with Gasteiger partial charge in [-0.2, -0.15) is 0 Å². The summed E-state index contributed by atoms with van der Waals surface area (Å²) < 4.78 is 5.07. The first-order chi connectivity index (χ1) is 10.3. The first-order valence-electron chi connectivity index (χ1n) is 7.04. The molecule has 0 spiro atoms. The average molecular weight is 275 g/mol. The number of benzene rings is 1. The average Bonchev–Trinajstić information content (AvgIpc) is 3.07. The predicted molar refractivity (Wildman–Crippen MR) is 85.8 cm³/mol. The van der Waals surface area contributed by atoms with Crippen molar-refractivity contribution in [2.75, 3.05) is 0 Å². The van der Waals surface area contributed by atoms with Gasteiger partial charge >= 0.3 is 0 Å². The lowest BCUT2D eigenvalue weighted by atomic mass is 9.98. The van der Waals surface area contributed by atoms with Gasteiger partial charge in [0.25, 0.3) is 0 Å². The second-order valence-electron chi connectivity index (χ2n) is 5.08. The normalized spacial score (nSPS) is 12.6. The van der Waals surface area contributed by atoms with Crippen LogP contribution in [-0.2, 0) is 0 Å². The summed E-state index contributed by atoms with van der Waals surface area (Å²) >= 11 is 0. The molecule has 0 aliphatic carbocycles. The molecule has 0 amide bonds. The van der Waals surface area contributed by atoms with Crippen molar-refractivity contribution in [1.29, 1.82) is 0 Å². The third kappa shape index (κ3) is 3.29. The van der Waals surface area contributed by atoms with Crippen LogP contribution in [0.2, 0.25) is 0 Å². The van der Waals surface area contributed by atoms with E-state index in [1.165, 1.54) is 11.1 Å². The zero-order chi connectivity index (χ0) is 14.5. The van der Waals surface area contributed by atoms with Crippen molar-refractivity contribution < 1.29 is 4.42 Å². The van der Waals surface area contributed by atoms with Gasteiger partial charge in [-0.3, -0.25) is 4.98 Å². The quantitative estimate of drug-likeness (QED) is 0.657. The number of furan rings is 1. The number of rotatable bonds is 4. The fourth-order valence-corrected chi connectivity index (χ4v) is 2.23. The largest absolute Gasteiger partial charge is 0.472 e. The van der Waals surface area contributed by atoms with Crippen LogP contribution in [0.25, 0.3) is 17.2 Å². The van der Waals surface area contributed by atoms with E-state index in [0.717, 1.165) is 11.1 Å². The van der Waals surface area contributed by atoms with Gasteiger partial charge in [0.1, 0.15) is 0 Å². The maximum atomic E-state index is 5.07. The third-order valence-corrected chi connectivity index (χ3v) is 3.51. The molecule has 0 fully saturated rings. The molecule has 0 N–H and O–H groups in total. The molecule has 1 unspecified atom stereocenters. The number of hydrogen-bond acceptors (Lipinski definition) is 2. The summed E-state index contributed by atoms with van der Waals surface area (Å²) in [4.78, 5) is 4.37. The molecule has 2 nitrogen and oxygen atoms in total. The van der Waals surface area contributed by atoms with Crippen molar-refractivity contribution in [2.24, 2.45) is 0 Å². The monoisotopic (exact) mass is 275 g/mol. The van der Waals surface area contributed by atoms with Crippen molar-refractivity contribution in [2.45, 2.75) is 12.8 Å². The van der Waals surface area contributed by atoms with E-state index in [4.69, 9.17) is 4.42 Å². The molecule has 0 saturated carbocycles. The highest BCUT2D eigenvalue weighted by molar-refractivity contribution is 5.63. The Morgan fingerprint density at radius 3 is 2.67 bits per heavy atom. The topological polar surface area (TPSA) is 26.0 Å². The van der Waals surface area contributed by atoms with Crippen molar-refractivity contribution >= 4 is 6.08 Å². The van der Waals surface area contributed by atoms with E-state index in [2.05, 4.69) is 42.3 Å². The van der Waals surface area contributed by atoms with Gasteiger partial charge in [-0.1, -0.05) is 49.4 Å². The van der Waals surface area contributed by atoms with Gasteiger partial charge in [-0.05, 0) is 23.3 Å². The van der Waals surface area contributed by atoms with Gasteiger partial charge < -0.3 is 4.42 Å². The Balaban J connectivity index is 1.83. The Labute approximate surface area is 124 Å². The smallest absolute Gasteiger partial charge is 0.0974 e. The van der Waals surface area contributed by atoms with Gasteiger partial charge in [0.2, 0.25) is 0 Å². The summed E-state index contributed by atoms with van der Waals surface area (Å²) in [7, 11) is 0. The number of nitrogens with zero attached hydrogens (tertiary/aromatic N) is 1. The van der Waals surface area contributed by atoms with E-state index in [1.807, 2.05) is 36.7 Å². The standard InChI is InChI=1S/C19H17NO/c1-15(7-8-16-9-10-21-14-16)18-11-19(13-20-12-18)17-5-3-2-4-6-17/h2-15H,1H3. The molecule has 1 aromatic carbocycles. The van der Waals surface area contributed by atoms with E-state index in [1.54, 1.807) is 12.5 Å². The van der Waals surface area contributed by atoms with Gasteiger partial charge in [0.05, 0.1) is 12.5 Å². The lowest BCUT2D eigenvalue weighted by Crippen LogP contribution is -1.91. The molecule has 2 aromatic heterocycles. The molecular weight excluding hydrogens is 258 g/mol. The van der Waals surface area contributed by atoms with Crippen LogP contribution < -0.4 is 0 Å². The SMILES string of the molecule is CC(C=Cc1ccoc1)c1cncc(-c2ccccc2)c1. The van der Waals surface area contributed by atoms with Crippen LogP contribution in [0, 0.1) is 0 Å². The Morgan fingerprint density at radius 1 is 1.05 bits per heavy atom. The molecule has 0 radical (unpaired) electrons. The lowest BCUT2D eigenvalue weighted by molar-refractivity contribution is 0.567. The zero-order valence-electron chi connectivity index (χ0n) is 11.9. The minimum Gasteiger partial charge on any atom is -0.472 e. The van der Waals surface area contributed by atoms with Crippen molar-refractivity contribution in [3.63, 3.8) is 0 Å². The van der Waals surface area contributed by atoms with Gasteiger partial charge in [-0.25, -0.2) is 0 Å². The maximum absolute atomic E-state index is 5.07. The van der Waals surface area contributed by atoms with Crippen molar-refractivity contribution in [1.82, 2.24) is 4.98 Å². The van der Waals surface area contributed by atoms with Crippen LogP contribution in [0.4, 0.5) is 0 Å². The molecule has 3 rings (SSSR count). The van der Waals surface area contributed by atoms with E-state index in [0.29, 0.717) is 5.92 Å². The number of aromatic nitrogens is 1. The van der Waals surface area contributed by atoms with E-state index < -0.39 is 0 Å². The first kappa shape index (κ1) is 13.4. The fraction of sp³-hybridized carbons (Fsp3) is 0.105. The highest BCUT2D eigenvalue weighted by Gasteiger charge is 2.05. The van der Waals surface area contributed by atoms with E-state index in [9.17, 15) is 0 Å². The number of hydrogen-bond donors (Lipinski definition) is 0. The van der Waals surface area contributed by atoms with Crippen LogP contribution in [0.3, 0.4) is 0 Å². The summed E-state index contributed by atoms with van der Waals surface area (Å²) in [6.07, 6.45) is 11.5. The minimum atomic E-state index is 0.302. The Kier molecular flexibility index (Phi) is 3.97. The van der Waals surface area contributed by atoms with Crippen LogP contribution >= 0.6 is 0 Å². The van der Waals surface area contributed by atoms with Crippen molar-refractivity contribution in [3.8, 4) is 11.1 Å². The van der Waals surface area contributed by atoms with Crippen LogP contribution in [-0.4, -0.2) is 4.98 Å². The molecule has 0 saturated heterocycles. The van der Waals surface area contributed by atoms with Gasteiger partial charge in [-0.15, -0.1) is 0 Å². The summed E-state index contributed by atoms with van der Waals surface area (Å²) in [5, 5.41) is 0. The molecule has 3 aromatic rings. The molecule has 2 heterocycles. The van der Waals surface area contributed by atoms with Crippen LogP contribution in [0.1, 0.15) is 24.0 Å². The molecule has 21 heavy (non-hydrogen) atoms. The molecule has 104 valence electrons. The number of pyridine rings is 1. The molecule has 0 bridgehead atoms. The third-order valence-electron chi connectivity index (χ3n) is 3.51. The molecule has 0 aliphatic rings. The van der Waals surface area contributed by atoms with Crippen molar-refractivity contribution in [3.05, 3.63) is 84.6 Å². The number of allylic oxidation sites excluding steroid dienone is 1. The molecule has 0 aliphatic heterocycles.